The summed E-state index contributed by atoms with van der Waals surface area (Å²) in [6.07, 6.45) is -0.00643. The van der Waals surface area contributed by atoms with Crippen molar-refractivity contribution in [3.8, 4) is 17.2 Å². The summed E-state index contributed by atoms with van der Waals surface area (Å²) in [4.78, 5) is 0. The van der Waals surface area contributed by atoms with Crippen LogP contribution in [0.25, 0.3) is 0 Å². The predicted octanol–water partition coefficient (Wildman–Crippen LogP) is 3.33. The van der Waals surface area contributed by atoms with Crippen LogP contribution in [-0.2, 0) is 0 Å². The van der Waals surface area contributed by atoms with Gasteiger partial charge >= 0.3 is 0 Å². The summed E-state index contributed by atoms with van der Waals surface area (Å²) in [5.74, 6) is -1.35. The molecule has 1 fully saturated rings. The number of rotatable bonds is 4. The maximum atomic E-state index is 13.4. The lowest BCUT2D eigenvalue weighted by atomic mass is 9.81. The summed E-state index contributed by atoms with van der Waals surface area (Å²) in [7, 11) is 0. The SMILES string of the molecule is [2H]C1([2H])C[C@@H](c2ccc(F)cc2)C(C([2H])([2H])Oc2ccc3c(c2)OC([2H])([2H])O3)CN1. The number of ether oxygens (including phenoxy) is 3. The second-order valence-corrected chi connectivity index (χ2v) is 5.64. The van der Waals surface area contributed by atoms with Gasteiger partial charge in [0.25, 0.3) is 0 Å². The summed E-state index contributed by atoms with van der Waals surface area (Å²) in [5.41, 5.74) is 0.623. The van der Waals surface area contributed by atoms with E-state index in [9.17, 15) is 4.39 Å². The molecule has 2 aromatic carbocycles. The number of hydrogen-bond acceptors (Lipinski definition) is 4. The second kappa shape index (κ2) is 6.69. The lowest BCUT2D eigenvalue weighted by Crippen LogP contribution is -2.38. The minimum atomic E-state index is -2.30. The van der Waals surface area contributed by atoms with E-state index in [4.69, 9.17) is 22.4 Å². The monoisotopic (exact) mass is 335 g/mol. The molecule has 2 aliphatic rings. The summed E-state index contributed by atoms with van der Waals surface area (Å²) >= 11 is 0. The van der Waals surface area contributed by atoms with Crippen LogP contribution in [0.15, 0.2) is 42.5 Å². The number of piperidine rings is 1. The molecular formula is C19H20FNO3. The van der Waals surface area contributed by atoms with Gasteiger partial charge in [-0.3, -0.25) is 0 Å². The van der Waals surface area contributed by atoms with Crippen LogP contribution >= 0.6 is 0 Å². The second-order valence-electron chi connectivity index (χ2n) is 5.64. The Balaban J connectivity index is 1.59. The van der Waals surface area contributed by atoms with Gasteiger partial charge in [0.2, 0.25) is 6.75 Å². The fraction of sp³-hybridized carbons (Fsp3) is 0.368. The summed E-state index contributed by atoms with van der Waals surface area (Å²) in [6.45, 7) is -6.20. The van der Waals surface area contributed by atoms with Crippen molar-refractivity contribution < 1.29 is 26.8 Å². The fourth-order valence-corrected chi connectivity index (χ4v) is 2.80. The zero-order chi connectivity index (χ0) is 21.7. The van der Waals surface area contributed by atoms with E-state index in [-0.39, 0.29) is 30.2 Å². The largest absolute Gasteiger partial charge is 0.493 e. The molecule has 0 radical (unpaired) electrons. The van der Waals surface area contributed by atoms with E-state index in [1.807, 2.05) is 0 Å². The molecule has 0 amide bonds. The summed E-state index contributed by atoms with van der Waals surface area (Å²) in [5, 5.41) is 2.71. The van der Waals surface area contributed by atoms with Crippen LogP contribution in [0, 0.1) is 11.7 Å². The molecule has 4 nitrogen and oxygen atoms in total. The highest BCUT2D eigenvalue weighted by molar-refractivity contribution is 5.46. The van der Waals surface area contributed by atoms with Crippen LogP contribution in [-0.4, -0.2) is 26.3 Å². The minimum absolute atomic E-state index is 0.00643. The Labute approximate surface area is 149 Å². The molecule has 5 heteroatoms. The first-order valence-electron chi connectivity index (χ1n) is 10.7. The molecule has 0 aliphatic carbocycles. The van der Waals surface area contributed by atoms with E-state index in [1.165, 1.54) is 42.5 Å². The van der Waals surface area contributed by atoms with Crippen molar-refractivity contribution in [3.63, 3.8) is 0 Å². The summed E-state index contributed by atoms with van der Waals surface area (Å²) < 4.78 is 77.1. The van der Waals surface area contributed by atoms with Gasteiger partial charge in [0.1, 0.15) is 14.3 Å². The molecule has 126 valence electrons. The predicted molar refractivity (Wildman–Crippen MR) is 88.2 cm³/mol. The first-order valence-corrected chi connectivity index (χ1v) is 7.66. The van der Waals surface area contributed by atoms with Crippen LogP contribution in [0.5, 0.6) is 17.2 Å². The van der Waals surface area contributed by atoms with Gasteiger partial charge < -0.3 is 19.5 Å². The molecule has 24 heavy (non-hydrogen) atoms. The molecular weight excluding hydrogens is 309 g/mol. The van der Waals surface area contributed by atoms with E-state index in [0.717, 1.165) is 0 Å². The highest BCUT2D eigenvalue weighted by Crippen LogP contribution is 2.36. The van der Waals surface area contributed by atoms with E-state index < -0.39 is 37.5 Å². The Morgan fingerprint density at radius 2 is 2.04 bits per heavy atom. The molecule has 1 N–H and O–H groups in total. The van der Waals surface area contributed by atoms with E-state index >= 15 is 0 Å². The smallest absolute Gasteiger partial charge is 0.231 e. The van der Waals surface area contributed by atoms with E-state index in [2.05, 4.69) is 5.32 Å². The zero-order valence-electron chi connectivity index (χ0n) is 18.7. The number of halogens is 1. The molecule has 4 rings (SSSR count). The fourth-order valence-electron chi connectivity index (χ4n) is 2.80. The van der Waals surface area contributed by atoms with Gasteiger partial charge in [0.15, 0.2) is 11.5 Å². The van der Waals surface area contributed by atoms with E-state index in [0.29, 0.717) is 5.56 Å². The Hall–Kier alpha value is -2.27. The Morgan fingerprint density at radius 3 is 2.92 bits per heavy atom. The first kappa shape index (κ1) is 9.89. The van der Waals surface area contributed by atoms with Gasteiger partial charge in [-0.2, -0.15) is 0 Å². The molecule has 1 saturated heterocycles. The van der Waals surface area contributed by atoms with Crippen LogP contribution < -0.4 is 19.5 Å². The van der Waals surface area contributed by atoms with Crippen molar-refractivity contribution in [1.29, 1.82) is 0 Å². The van der Waals surface area contributed by atoms with Gasteiger partial charge in [-0.05, 0) is 48.7 Å². The topological polar surface area (TPSA) is 39.7 Å². The van der Waals surface area contributed by atoms with E-state index in [1.54, 1.807) is 0 Å². The highest BCUT2D eigenvalue weighted by atomic mass is 19.1. The molecule has 1 unspecified atom stereocenters. The molecule has 2 heterocycles. The molecule has 2 atom stereocenters. The third-order valence-corrected chi connectivity index (χ3v) is 4.10. The average Bonchev–Trinajstić information content (AvgIpc) is 2.94. The van der Waals surface area contributed by atoms with Crippen LogP contribution in [0.3, 0.4) is 0 Å². The molecule has 0 spiro atoms. The number of fused-ring (bicyclic) bond motifs is 1. The molecule has 0 bridgehead atoms. The normalized spacial score (nSPS) is 30.9. The molecule has 2 aromatic rings. The van der Waals surface area contributed by atoms with Crippen molar-refractivity contribution in [3.05, 3.63) is 53.8 Å². The van der Waals surface area contributed by atoms with Crippen molar-refractivity contribution in [1.82, 2.24) is 5.32 Å². The van der Waals surface area contributed by atoms with Gasteiger partial charge in [-0.25, -0.2) is 4.39 Å². The van der Waals surface area contributed by atoms with Crippen molar-refractivity contribution >= 4 is 0 Å². The lowest BCUT2D eigenvalue weighted by molar-refractivity contribution is 0.173. The van der Waals surface area contributed by atoms with Gasteiger partial charge in [-0.15, -0.1) is 0 Å². The standard InChI is InChI=1S/C19H20FNO3/c20-15-3-1-13(2-4-15)17-7-8-21-10-14(17)11-22-16-5-6-18-19(9-16)24-12-23-18/h1-6,9,14,17,21H,7-8,10-12H2/t14?,17-/m0/s1/i8D2,11D2,12D2. The van der Waals surface area contributed by atoms with Gasteiger partial charge in [-0.1, -0.05) is 12.1 Å². The number of hydrogen-bond donors (Lipinski definition) is 1. The minimum Gasteiger partial charge on any atom is -0.493 e. The maximum Gasteiger partial charge on any atom is 0.231 e. The average molecular weight is 335 g/mol. The van der Waals surface area contributed by atoms with Crippen molar-refractivity contribution in [2.45, 2.75) is 12.3 Å². The third kappa shape index (κ3) is 3.17. The maximum absolute atomic E-state index is 13.4. The lowest BCUT2D eigenvalue weighted by Gasteiger charge is -2.32. The first-order chi connectivity index (χ1) is 13.9. The molecule has 0 aromatic heterocycles. The highest BCUT2D eigenvalue weighted by Gasteiger charge is 2.27. The Morgan fingerprint density at radius 1 is 1.21 bits per heavy atom. The van der Waals surface area contributed by atoms with Crippen molar-refractivity contribution in [2.75, 3.05) is 26.3 Å². The molecule has 2 aliphatic heterocycles. The quantitative estimate of drug-likeness (QED) is 0.930. The number of benzene rings is 2. The van der Waals surface area contributed by atoms with Crippen LogP contribution in [0.2, 0.25) is 0 Å². The van der Waals surface area contributed by atoms with Gasteiger partial charge in [0.05, 0.1) is 9.30 Å². The summed E-state index contributed by atoms with van der Waals surface area (Å²) in [6, 6.07) is 9.84. The van der Waals surface area contributed by atoms with Crippen molar-refractivity contribution in [2.24, 2.45) is 5.92 Å². The molecule has 0 saturated carbocycles. The van der Waals surface area contributed by atoms with Crippen LogP contribution in [0.1, 0.15) is 26.1 Å². The Kier molecular flexibility index (Phi) is 2.76. The zero-order valence-corrected chi connectivity index (χ0v) is 12.7. The van der Waals surface area contributed by atoms with Gasteiger partial charge in [0, 0.05) is 21.3 Å². The Bertz CT molecular complexity index is 940. The third-order valence-electron chi connectivity index (χ3n) is 4.10. The number of nitrogens with one attached hydrogen (secondary N) is 1. The van der Waals surface area contributed by atoms with Crippen LogP contribution in [0.4, 0.5) is 4.39 Å².